The molecule has 7 nitrogen and oxygen atoms in total. The normalized spacial score (nSPS) is 10.0. The molecule has 0 aliphatic heterocycles. The quantitative estimate of drug-likeness (QED) is 0.807. The molecule has 0 radical (unpaired) electrons. The molecule has 0 bridgehead atoms. The number of carbonyl (C=O) groups excluding carboxylic acids is 2. The van der Waals surface area contributed by atoms with Crippen molar-refractivity contribution in [3.8, 4) is 0 Å². The summed E-state index contributed by atoms with van der Waals surface area (Å²) in [5.41, 5.74) is 0.292. The lowest BCUT2D eigenvalue weighted by Gasteiger charge is -2.15. The van der Waals surface area contributed by atoms with Crippen molar-refractivity contribution in [2.24, 2.45) is 0 Å². The van der Waals surface area contributed by atoms with Crippen LogP contribution in [0.4, 0.5) is 16.0 Å². The number of anilines is 2. The van der Waals surface area contributed by atoms with Crippen molar-refractivity contribution in [2.45, 2.75) is 0 Å². The van der Waals surface area contributed by atoms with Crippen LogP contribution in [0.3, 0.4) is 0 Å². The van der Waals surface area contributed by atoms with Gasteiger partial charge in [0.05, 0.1) is 0 Å². The molecule has 0 fully saturated rings. The first-order valence-electron chi connectivity index (χ1n) is 6.74. The summed E-state index contributed by atoms with van der Waals surface area (Å²) < 4.78 is 17.8. The molecule has 2 aromatic rings. The fourth-order valence-electron chi connectivity index (χ4n) is 1.71. The number of likely N-dealkylation sites (N-methyl/N-ethyl adjacent to an activating group) is 1. The maximum Gasteiger partial charge on any atom is 0.326 e. The first-order chi connectivity index (χ1) is 11.0. The lowest BCUT2D eigenvalue weighted by atomic mass is 10.3. The molecule has 0 spiro atoms. The summed E-state index contributed by atoms with van der Waals surface area (Å²) in [5, 5.41) is 2.43. The highest BCUT2D eigenvalue weighted by Crippen LogP contribution is 2.08. The van der Waals surface area contributed by atoms with Crippen molar-refractivity contribution in [3.05, 3.63) is 48.5 Å². The van der Waals surface area contributed by atoms with Gasteiger partial charge in [-0.25, -0.2) is 14.4 Å². The van der Waals surface area contributed by atoms with Crippen LogP contribution in [0.1, 0.15) is 0 Å². The van der Waals surface area contributed by atoms with Crippen LogP contribution in [-0.2, 0) is 14.3 Å². The molecule has 0 unspecified atom stereocenters. The molecule has 1 amide bonds. The number of aromatic nitrogens is 2. The van der Waals surface area contributed by atoms with E-state index in [-0.39, 0.29) is 6.54 Å². The minimum atomic E-state index is -0.602. The molecule has 1 heterocycles. The third-order valence-corrected chi connectivity index (χ3v) is 2.73. The van der Waals surface area contributed by atoms with Crippen molar-refractivity contribution in [2.75, 3.05) is 30.4 Å². The van der Waals surface area contributed by atoms with E-state index in [1.807, 2.05) is 0 Å². The average molecular weight is 318 g/mol. The number of ether oxygens (including phenoxy) is 1. The van der Waals surface area contributed by atoms with Gasteiger partial charge < -0.3 is 15.0 Å². The maximum atomic E-state index is 13.0. The lowest BCUT2D eigenvalue weighted by Crippen LogP contribution is -2.30. The first kappa shape index (κ1) is 16.3. The van der Waals surface area contributed by atoms with Crippen LogP contribution in [0.5, 0.6) is 0 Å². The molecule has 2 rings (SSSR count). The third-order valence-electron chi connectivity index (χ3n) is 2.73. The zero-order chi connectivity index (χ0) is 16.7. The Kier molecular flexibility index (Phi) is 5.56. The number of esters is 1. The molecule has 1 aromatic heterocycles. The predicted molar refractivity (Wildman–Crippen MR) is 81.3 cm³/mol. The molecule has 23 heavy (non-hydrogen) atoms. The van der Waals surface area contributed by atoms with Gasteiger partial charge in [-0.15, -0.1) is 0 Å². The fraction of sp³-hybridized carbons (Fsp3) is 0.200. The van der Waals surface area contributed by atoms with Crippen molar-refractivity contribution in [1.82, 2.24) is 9.97 Å². The molecule has 0 aliphatic rings. The Balaban J connectivity index is 1.76. The van der Waals surface area contributed by atoms with Crippen LogP contribution >= 0.6 is 0 Å². The van der Waals surface area contributed by atoms with Gasteiger partial charge in [0.1, 0.15) is 12.4 Å². The lowest BCUT2D eigenvalue weighted by molar-refractivity contribution is -0.145. The van der Waals surface area contributed by atoms with E-state index < -0.39 is 24.3 Å². The molecule has 1 aromatic carbocycles. The van der Waals surface area contributed by atoms with E-state index in [9.17, 15) is 14.0 Å². The maximum absolute atomic E-state index is 13.0. The van der Waals surface area contributed by atoms with Gasteiger partial charge in [-0.2, -0.15) is 0 Å². The Hall–Kier alpha value is -3.03. The molecule has 0 saturated carbocycles. The number of nitrogens with zero attached hydrogens (tertiary/aromatic N) is 3. The Morgan fingerprint density at radius 1 is 1.26 bits per heavy atom. The van der Waals surface area contributed by atoms with Crippen LogP contribution in [-0.4, -0.2) is 42.0 Å². The van der Waals surface area contributed by atoms with Crippen molar-refractivity contribution in [3.63, 3.8) is 0 Å². The van der Waals surface area contributed by atoms with Crippen LogP contribution in [0.15, 0.2) is 42.7 Å². The second kappa shape index (κ2) is 7.83. The Bertz CT molecular complexity index is 681. The largest absolute Gasteiger partial charge is 0.454 e. The second-order valence-electron chi connectivity index (χ2n) is 4.62. The highest BCUT2D eigenvalue weighted by atomic mass is 19.1. The van der Waals surface area contributed by atoms with E-state index in [2.05, 4.69) is 15.3 Å². The predicted octanol–water partition coefficient (Wildman–Crippen LogP) is 1.23. The van der Waals surface area contributed by atoms with Crippen molar-refractivity contribution in [1.29, 1.82) is 0 Å². The van der Waals surface area contributed by atoms with Gasteiger partial charge in [0.2, 0.25) is 5.95 Å². The van der Waals surface area contributed by atoms with Crippen molar-refractivity contribution >= 4 is 23.5 Å². The van der Waals surface area contributed by atoms with Gasteiger partial charge in [-0.1, -0.05) is 6.07 Å². The van der Waals surface area contributed by atoms with Gasteiger partial charge in [0.25, 0.3) is 5.91 Å². The van der Waals surface area contributed by atoms with E-state index in [0.29, 0.717) is 11.6 Å². The summed E-state index contributed by atoms with van der Waals surface area (Å²) in [7, 11) is 1.63. The summed E-state index contributed by atoms with van der Waals surface area (Å²) in [6.45, 7) is -0.559. The van der Waals surface area contributed by atoms with Gasteiger partial charge in [-0.05, 0) is 24.3 Å². The zero-order valence-corrected chi connectivity index (χ0v) is 12.4. The minimum absolute atomic E-state index is 0.0999. The SMILES string of the molecule is CN(CC(=O)OCC(=O)Nc1cccc(F)c1)c1ncccn1. The number of rotatable bonds is 6. The number of halogens is 1. The molecule has 8 heteroatoms. The second-order valence-corrected chi connectivity index (χ2v) is 4.62. The van der Waals surface area contributed by atoms with E-state index in [1.165, 1.54) is 29.2 Å². The standard InChI is InChI=1S/C15H15FN4O3/c1-20(15-17-6-3-7-18-15)9-14(22)23-10-13(21)19-12-5-2-4-11(16)8-12/h2-8H,9-10H2,1H3,(H,19,21). The zero-order valence-electron chi connectivity index (χ0n) is 12.4. The number of benzene rings is 1. The average Bonchev–Trinajstić information content (AvgIpc) is 2.54. The molecular formula is C15H15FN4O3. The van der Waals surface area contributed by atoms with Gasteiger partial charge in [0, 0.05) is 25.1 Å². The highest BCUT2D eigenvalue weighted by Gasteiger charge is 2.12. The summed E-state index contributed by atoms with van der Waals surface area (Å²) in [5.74, 6) is -1.25. The van der Waals surface area contributed by atoms with Crippen LogP contribution in [0.25, 0.3) is 0 Å². The van der Waals surface area contributed by atoms with E-state index in [4.69, 9.17) is 4.74 Å². The Labute approximate surface area is 132 Å². The molecule has 120 valence electrons. The molecule has 0 atom stereocenters. The molecule has 0 saturated heterocycles. The molecular weight excluding hydrogens is 303 g/mol. The van der Waals surface area contributed by atoms with E-state index >= 15 is 0 Å². The van der Waals surface area contributed by atoms with Crippen LogP contribution in [0, 0.1) is 5.82 Å². The summed E-state index contributed by atoms with van der Waals surface area (Å²) in [6, 6.07) is 7.08. The Morgan fingerprint density at radius 3 is 2.70 bits per heavy atom. The van der Waals surface area contributed by atoms with E-state index in [0.717, 1.165) is 0 Å². The van der Waals surface area contributed by atoms with Crippen molar-refractivity contribution < 1.29 is 18.7 Å². The summed E-state index contributed by atoms with van der Waals surface area (Å²) in [4.78, 5) is 32.8. The monoisotopic (exact) mass is 318 g/mol. The van der Waals surface area contributed by atoms with Gasteiger partial charge in [0.15, 0.2) is 6.61 Å². The smallest absolute Gasteiger partial charge is 0.326 e. The molecule has 1 N–H and O–H groups in total. The molecule has 0 aliphatic carbocycles. The fourth-order valence-corrected chi connectivity index (χ4v) is 1.71. The highest BCUT2D eigenvalue weighted by molar-refractivity contribution is 5.93. The third kappa shape index (κ3) is 5.34. The minimum Gasteiger partial charge on any atom is -0.454 e. The number of carbonyl (C=O) groups is 2. The topological polar surface area (TPSA) is 84.4 Å². The number of hydrogen-bond acceptors (Lipinski definition) is 6. The number of nitrogens with one attached hydrogen (secondary N) is 1. The van der Waals surface area contributed by atoms with E-state index in [1.54, 1.807) is 25.5 Å². The first-order valence-corrected chi connectivity index (χ1v) is 6.74. The van der Waals surface area contributed by atoms with Gasteiger partial charge in [-0.3, -0.25) is 9.59 Å². The number of hydrogen-bond donors (Lipinski definition) is 1. The summed E-state index contributed by atoms with van der Waals surface area (Å²) in [6.07, 6.45) is 3.10. The number of amides is 1. The van der Waals surface area contributed by atoms with Gasteiger partial charge >= 0.3 is 5.97 Å². The van der Waals surface area contributed by atoms with Crippen LogP contribution < -0.4 is 10.2 Å². The summed E-state index contributed by atoms with van der Waals surface area (Å²) >= 11 is 0. The van der Waals surface area contributed by atoms with Crippen LogP contribution in [0.2, 0.25) is 0 Å². The Morgan fingerprint density at radius 2 is 2.00 bits per heavy atom.